The van der Waals surface area contributed by atoms with E-state index >= 15 is 0 Å². The van der Waals surface area contributed by atoms with Crippen LogP contribution in [-0.4, -0.2) is 40.6 Å². The van der Waals surface area contributed by atoms with Gasteiger partial charge in [-0.25, -0.2) is 4.79 Å². The average molecular weight is 304 g/mol. The molecule has 0 saturated heterocycles. The van der Waals surface area contributed by atoms with E-state index in [1.165, 1.54) is 13.8 Å². The highest BCUT2D eigenvalue weighted by Gasteiger charge is 2.21. The summed E-state index contributed by atoms with van der Waals surface area (Å²) < 4.78 is 19.6. The predicted octanol–water partition coefficient (Wildman–Crippen LogP) is 0.746. The molecule has 0 fully saturated rings. The van der Waals surface area contributed by atoms with Crippen LogP contribution >= 0.6 is 0 Å². The van der Waals surface area contributed by atoms with Gasteiger partial charge in [0, 0.05) is 26.0 Å². The molecule has 0 aliphatic carbocycles. The minimum atomic E-state index is -2.76. The third-order valence-electron chi connectivity index (χ3n) is 1.90. The second-order valence-corrected chi connectivity index (χ2v) is 5.38. The van der Waals surface area contributed by atoms with E-state index in [0.717, 1.165) is 0 Å². The number of unbranched alkanes of at least 4 members (excludes halogenated alkanes) is 1. The molecule has 114 valence electrons. The van der Waals surface area contributed by atoms with Crippen molar-refractivity contribution < 1.29 is 32.4 Å². The zero-order valence-electron chi connectivity index (χ0n) is 12.0. The van der Waals surface area contributed by atoms with Crippen molar-refractivity contribution in [2.24, 2.45) is 0 Å². The van der Waals surface area contributed by atoms with Gasteiger partial charge in [-0.1, -0.05) is 6.58 Å². The maximum Gasteiger partial charge on any atom is 0.619 e. The van der Waals surface area contributed by atoms with Gasteiger partial charge in [0.1, 0.15) is 0 Å². The maximum absolute atomic E-state index is 11.1. The molecular formula is C12H20O7Si. The second kappa shape index (κ2) is 10.2. The van der Waals surface area contributed by atoms with Crippen LogP contribution in [0, 0.1) is 0 Å². The Balaban J connectivity index is 3.77. The standard InChI is InChI=1S/C12H20O7Si/c1-9(2)12(15)16-7-5-6-8-17-20(18-10(3)13)19-11(4)14/h20H,1,5-8H2,2-4H3. The fraction of sp³-hybridized carbons (Fsp3) is 0.583. The fourth-order valence-corrected chi connectivity index (χ4v) is 2.12. The quantitative estimate of drug-likeness (QED) is 0.269. The van der Waals surface area contributed by atoms with Gasteiger partial charge in [-0.15, -0.1) is 0 Å². The summed E-state index contributed by atoms with van der Waals surface area (Å²) in [6, 6.07) is 0. The van der Waals surface area contributed by atoms with Crippen molar-refractivity contribution >= 4 is 27.4 Å². The van der Waals surface area contributed by atoms with E-state index in [2.05, 4.69) is 6.58 Å². The molecule has 0 radical (unpaired) electrons. The van der Waals surface area contributed by atoms with Crippen LogP contribution in [0.2, 0.25) is 0 Å². The van der Waals surface area contributed by atoms with Crippen LogP contribution in [0.5, 0.6) is 0 Å². The fourth-order valence-electron chi connectivity index (χ4n) is 1.03. The molecule has 0 saturated carbocycles. The molecule has 0 aliphatic heterocycles. The van der Waals surface area contributed by atoms with E-state index < -0.39 is 27.4 Å². The highest BCUT2D eigenvalue weighted by atomic mass is 28.3. The van der Waals surface area contributed by atoms with Gasteiger partial charge in [-0.05, 0) is 19.8 Å². The summed E-state index contributed by atoms with van der Waals surface area (Å²) in [5.41, 5.74) is 0.346. The van der Waals surface area contributed by atoms with Crippen LogP contribution in [0.15, 0.2) is 12.2 Å². The van der Waals surface area contributed by atoms with Crippen molar-refractivity contribution in [2.45, 2.75) is 33.6 Å². The maximum atomic E-state index is 11.1. The predicted molar refractivity (Wildman–Crippen MR) is 71.6 cm³/mol. The first-order valence-electron chi connectivity index (χ1n) is 6.11. The average Bonchev–Trinajstić information content (AvgIpc) is 2.31. The van der Waals surface area contributed by atoms with E-state index in [-0.39, 0.29) is 13.2 Å². The van der Waals surface area contributed by atoms with Crippen LogP contribution in [-0.2, 0) is 32.4 Å². The van der Waals surface area contributed by atoms with E-state index in [4.69, 9.17) is 18.0 Å². The molecule has 8 heteroatoms. The van der Waals surface area contributed by atoms with Crippen molar-refractivity contribution in [3.63, 3.8) is 0 Å². The second-order valence-electron chi connectivity index (χ2n) is 4.00. The van der Waals surface area contributed by atoms with Gasteiger partial charge >= 0.3 is 15.5 Å². The SMILES string of the molecule is C=C(C)C(=O)OCCCCO[SiH](OC(C)=O)OC(C)=O. The van der Waals surface area contributed by atoms with Crippen molar-refractivity contribution in [3.05, 3.63) is 12.2 Å². The summed E-state index contributed by atoms with van der Waals surface area (Å²) in [6.07, 6.45) is 1.16. The zero-order valence-corrected chi connectivity index (χ0v) is 13.1. The minimum absolute atomic E-state index is 0.252. The first-order chi connectivity index (χ1) is 9.32. The lowest BCUT2D eigenvalue weighted by molar-refractivity contribution is -0.142. The minimum Gasteiger partial charge on any atom is -0.467 e. The Labute approximate surface area is 119 Å². The van der Waals surface area contributed by atoms with Gasteiger partial charge < -0.3 is 18.0 Å². The molecule has 0 aromatic rings. The number of carbonyl (C=O) groups is 3. The molecule has 0 unspecified atom stereocenters. The van der Waals surface area contributed by atoms with Gasteiger partial charge in [0.05, 0.1) is 6.61 Å². The Bertz CT molecular complexity index is 351. The summed E-state index contributed by atoms with van der Waals surface area (Å²) in [6.45, 7) is 7.96. The smallest absolute Gasteiger partial charge is 0.467 e. The van der Waals surface area contributed by atoms with Crippen molar-refractivity contribution in [1.29, 1.82) is 0 Å². The lowest BCUT2D eigenvalue weighted by Crippen LogP contribution is -2.31. The highest BCUT2D eigenvalue weighted by molar-refractivity contribution is 6.41. The van der Waals surface area contributed by atoms with E-state index in [1.807, 2.05) is 0 Å². The van der Waals surface area contributed by atoms with Crippen LogP contribution < -0.4 is 0 Å². The van der Waals surface area contributed by atoms with Crippen LogP contribution in [0.1, 0.15) is 33.6 Å². The summed E-state index contributed by atoms with van der Waals surface area (Å²) in [5.74, 6) is -1.55. The topological polar surface area (TPSA) is 88.1 Å². The lowest BCUT2D eigenvalue weighted by atomic mass is 10.3. The summed E-state index contributed by atoms with van der Waals surface area (Å²) in [5, 5.41) is 0. The number of ether oxygens (including phenoxy) is 1. The van der Waals surface area contributed by atoms with E-state index in [0.29, 0.717) is 18.4 Å². The van der Waals surface area contributed by atoms with Crippen LogP contribution in [0.4, 0.5) is 0 Å². The first-order valence-corrected chi connectivity index (χ1v) is 7.53. The Kier molecular flexibility index (Phi) is 9.31. The molecule has 0 amide bonds. The number of rotatable bonds is 9. The highest BCUT2D eigenvalue weighted by Crippen LogP contribution is 2.00. The molecule has 0 atom stereocenters. The van der Waals surface area contributed by atoms with Gasteiger partial charge in [-0.2, -0.15) is 0 Å². The van der Waals surface area contributed by atoms with Gasteiger partial charge in [0.25, 0.3) is 11.9 Å². The molecule has 20 heavy (non-hydrogen) atoms. The van der Waals surface area contributed by atoms with Gasteiger partial charge in [0.2, 0.25) is 0 Å². The van der Waals surface area contributed by atoms with Crippen molar-refractivity contribution in [3.8, 4) is 0 Å². The number of hydrogen-bond acceptors (Lipinski definition) is 7. The molecule has 0 bridgehead atoms. The van der Waals surface area contributed by atoms with Gasteiger partial charge in [0.15, 0.2) is 0 Å². The summed E-state index contributed by atoms with van der Waals surface area (Å²) in [7, 11) is -2.76. The molecular weight excluding hydrogens is 284 g/mol. The lowest BCUT2D eigenvalue weighted by Gasteiger charge is -2.14. The van der Waals surface area contributed by atoms with Crippen molar-refractivity contribution in [2.75, 3.05) is 13.2 Å². The molecule has 0 N–H and O–H groups in total. The Morgan fingerprint density at radius 3 is 1.90 bits per heavy atom. The Morgan fingerprint density at radius 2 is 1.45 bits per heavy atom. The number of esters is 1. The molecule has 0 aromatic carbocycles. The molecule has 0 heterocycles. The monoisotopic (exact) mass is 304 g/mol. The third-order valence-corrected chi connectivity index (χ3v) is 3.46. The molecule has 7 nitrogen and oxygen atoms in total. The largest absolute Gasteiger partial charge is 0.619 e. The van der Waals surface area contributed by atoms with E-state index in [9.17, 15) is 14.4 Å². The summed E-state index contributed by atoms with van der Waals surface area (Å²) >= 11 is 0. The Morgan fingerprint density at radius 1 is 0.950 bits per heavy atom. The molecule has 0 rings (SSSR count). The Hall–Kier alpha value is -1.67. The van der Waals surface area contributed by atoms with Crippen LogP contribution in [0.25, 0.3) is 0 Å². The normalized spacial score (nSPS) is 10.0. The van der Waals surface area contributed by atoms with Crippen LogP contribution in [0.3, 0.4) is 0 Å². The van der Waals surface area contributed by atoms with Gasteiger partial charge in [-0.3, -0.25) is 9.59 Å². The third kappa shape index (κ3) is 10.3. The molecule has 0 spiro atoms. The summed E-state index contributed by atoms with van der Waals surface area (Å²) in [4.78, 5) is 32.6. The number of carbonyl (C=O) groups excluding carboxylic acids is 3. The molecule has 0 aliphatic rings. The van der Waals surface area contributed by atoms with E-state index in [1.54, 1.807) is 6.92 Å². The molecule has 0 aromatic heterocycles. The number of hydrogen-bond donors (Lipinski definition) is 0. The first kappa shape index (κ1) is 18.3. The zero-order chi connectivity index (χ0) is 15.5. The van der Waals surface area contributed by atoms with Crippen molar-refractivity contribution in [1.82, 2.24) is 0 Å².